The van der Waals surface area contributed by atoms with Crippen LogP contribution in [-0.4, -0.2) is 5.97 Å². The van der Waals surface area contributed by atoms with E-state index in [0.717, 1.165) is 12.0 Å². The number of carbonyl (C=O) groups excluding carboxylic acids is 1. The van der Waals surface area contributed by atoms with Crippen molar-refractivity contribution in [3.8, 4) is 0 Å². The van der Waals surface area contributed by atoms with Gasteiger partial charge < -0.3 is 9.90 Å². The van der Waals surface area contributed by atoms with Crippen LogP contribution < -0.4 is 34.7 Å². The van der Waals surface area contributed by atoms with Gasteiger partial charge in [0.05, 0.1) is 0 Å². The second-order valence-electron chi connectivity index (χ2n) is 3.80. The normalized spacial score (nSPS) is 9.56. The van der Waals surface area contributed by atoms with E-state index in [1.165, 1.54) is 18.4 Å². The van der Waals surface area contributed by atoms with Crippen molar-refractivity contribution in [2.75, 3.05) is 0 Å². The fraction of sp³-hybridized carbons (Fsp3) is 0.462. The smallest absolute Gasteiger partial charge is 0.550 e. The summed E-state index contributed by atoms with van der Waals surface area (Å²) in [6.45, 7) is 2.17. The summed E-state index contributed by atoms with van der Waals surface area (Å²) in [5, 5.41) is 10.3. The summed E-state index contributed by atoms with van der Waals surface area (Å²) in [4.78, 5) is 10.3. The molecule has 1 aromatic rings. The maximum absolute atomic E-state index is 10.3. The molecule has 0 saturated heterocycles. The third-order valence-electron chi connectivity index (χ3n) is 2.43. The maximum atomic E-state index is 10.3. The number of hydrogen-bond acceptors (Lipinski definition) is 2. The average molecular weight is 228 g/mol. The minimum atomic E-state index is -0.978. The fourth-order valence-electron chi connectivity index (χ4n) is 1.57. The fourth-order valence-corrected chi connectivity index (χ4v) is 1.57. The molecule has 0 heterocycles. The van der Waals surface area contributed by atoms with Crippen LogP contribution >= 0.6 is 0 Å². The largest absolute Gasteiger partial charge is 1.00 e. The van der Waals surface area contributed by atoms with Crippen molar-refractivity contribution >= 4 is 5.97 Å². The van der Waals surface area contributed by atoms with E-state index < -0.39 is 5.97 Å². The monoisotopic (exact) mass is 228 g/mol. The van der Waals surface area contributed by atoms with E-state index in [1.54, 1.807) is 0 Å². The van der Waals surface area contributed by atoms with Crippen molar-refractivity contribution in [2.45, 2.75) is 39.0 Å². The van der Waals surface area contributed by atoms with Gasteiger partial charge >= 0.3 is 29.6 Å². The number of hydrogen-bond donors (Lipinski definition) is 0. The third kappa shape index (κ3) is 6.31. The number of unbranched alkanes of at least 4 members (excludes halogenated alkanes) is 1. The Morgan fingerprint density at radius 3 is 2.44 bits per heavy atom. The number of carboxylic acids is 1. The van der Waals surface area contributed by atoms with Crippen LogP contribution in [0.5, 0.6) is 0 Å². The molecule has 0 spiro atoms. The van der Waals surface area contributed by atoms with Crippen LogP contribution in [0.25, 0.3) is 0 Å². The molecule has 0 radical (unpaired) electrons. The van der Waals surface area contributed by atoms with Crippen molar-refractivity contribution in [3.05, 3.63) is 35.4 Å². The molecule has 0 aromatic heterocycles. The van der Waals surface area contributed by atoms with Gasteiger partial charge in [-0.25, -0.2) is 0 Å². The molecule has 0 bridgehead atoms. The quantitative estimate of drug-likeness (QED) is 0.569. The SMILES string of the molecule is CCCCc1cccc(CCC(=O)[O-])c1.[Na+]. The summed E-state index contributed by atoms with van der Waals surface area (Å²) in [7, 11) is 0. The van der Waals surface area contributed by atoms with Crippen LogP contribution in [-0.2, 0) is 17.6 Å². The van der Waals surface area contributed by atoms with E-state index in [-0.39, 0.29) is 36.0 Å². The molecule has 0 amide bonds. The second-order valence-corrected chi connectivity index (χ2v) is 3.80. The number of rotatable bonds is 6. The first-order valence-electron chi connectivity index (χ1n) is 5.50. The summed E-state index contributed by atoms with van der Waals surface area (Å²) in [5.74, 6) is -0.978. The van der Waals surface area contributed by atoms with Crippen molar-refractivity contribution in [1.82, 2.24) is 0 Å². The summed E-state index contributed by atoms with van der Waals surface area (Å²) in [6.07, 6.45) is 4.13. The first-order chi connectivity index (χ1) is 7.22. The summed E-state index contributed by atoms with van der Waals surface area (Å²) >= 11 is 0. The topological polar surface area (TPSA) is 40.1 Å². The van der Waals surface area contributed by atoms with Crippen LogP contribution in [0, 0.1) is 0 Å². The summed E-state index contributed by atoms with van der Waals surface area (Å²) in [5.41, 5.74) is 2.39. The maximum Gasteiger partial charge on any atom is 1.00 e. The molecule has 16 heavy (non-hydrogen) atoms. The Hall–Kier alpha value is -0.310. The van der Waals surface area contributed by atoms with Gasteiger partial charge in [-0.15, -0.1) is 0 Å². The minimum Gasteiger partial charge on any atom is -0.550 e. The minimum absolute atomic E-state index is 0. The van der Waals surface area contributed by atoms with Crippen LogP contribution in [0.1, 0.15) is 37.3 Å². The van der Waals surface area contributed by atoms with E-state index in [0.29, 0.717) is 6.42 Å². The van der Waals surface area contributed by atoms with Crippen LogP contribution in [0.2, 0.25) is 0 Å². The van der Waals surface area contributed by atoms with Crippen molar-refractivity contribution in [1.29, 1.82) is 0 Å². The molecule has 2 nitrogen and oxygen atoms in total. The Labute approximate surface area is 119 Å². The van der Waals surface area contributed by atoms with Crippen molar-refractivity contribution in [2.24, 2.45) is 0 Å². The molecule has 1 rings (SSSR count). The molecule has 82 valence electrons. The molecule has 0 atom stereocenters. The zero-order valence-corrected chi connectivity index (χ0v) is 12.2. The van der Waals surface area contributed by atoms with Crippen molar-refractivity contribution in [3.63, 3.8) is 0 Å². The average Bonchev–Trinajstić information content (AvgIpc) is 2.24. The van der Waals surface area contributed by atoms with Crippen LogP contribution in [0.3, 0.4) is 0 Å². The Kier molecular flexibility index (Phi) is 8.63. The zero-order valence-electron chi connectivity index (χ0n) is 10.2. The summed E-state index contributed by atoms with van der Waals surface area (Å²) < 4.78 is 0. The Morgan fingerprint density at radius 2 is 1.88 bits per heavy atom. The number of carboxylic acid groups (broad SMARTS) is 1. The molecular formula is C13H17NaO2. The standard InChI is InChI=1S/C13H18O2.Na/c1-2-3-5-11-6-4-7-12(10-11)8-9-13(14)15;/h4,6-7,10H,2-3,5,8-9H2,1H3,(H,14,15);/q;+1/p-1. The number of carbonyl (C=O) groups is 1. The van der Waals surface area contributed by atoms with E-state index in [1.807, 2.05) is 12.1 Å². The van der Waals surface area contributed by atoms with Crippen LogP contribution in [0.4, 0.5) is 0 Å². The van der Waals surface area contributed by atoms with E-state index in [2.05, 4.69) is 19.1 Å². The molecule has 0 N–H and O–H groups in total. The van der Waals surface area contributed by atoms with Gasteiger partial charge in [0.2, 0.25) is 0 Å². The molecular weight excluding hydrogens is 211 g/mol. The zero-order chi connectivity index (χ0) is 11.1. The molecule has 0 aliphatic rings. The molecule has 3 heteroatoms. The molecule has 0 fully saturated rings. The predicted molar refractivity (Wildman–Crippen MR) is 58.4 cm³/mol. The van der Waals surface area contributed by atoms with Gasteiger partial charge in [-0.2, -0.15) is 0 Å². The van der Waals surface area contributed by atoms with E-state index >= 15 is 0 Å². The van der Waals surface area contributed by atoms with Gasteiger partial charge in [0.15, 0.2) is 0 Å². The van der Waals surface area contributed by atoms with Gasteiger partial charge in [-0.3, -0.25) is 0 Å². The van der Waals surface area contributed by atoms with Gasteiger partial charge in [0.1, 0.15) is 0 Å². The molecule has 1 aromatic carbocycles. The second kappa shape index (κ2) is 8.80. The third-order valence-corrected chi connectivity index (χ3v) is 2.43. The predicted octanol–water partition coefficient (Wildman–Crippen LogP) is -1.28. The first kappa shape index (κ1) is 15.7. The van der Waals surface area contributed by atoms with E-state index in [9.17, 15) is 9.90 Å². The first-order valence-corrected chi connectivity index (χ1v) is 5.50. The van der Waals surface area contributed by atoms with Crippen LogP contribution in [0.15, 0.2) is 24.3 Å². The Balaban J connectivity index is 0.00000225. The van der Waals surface area contributed by atoms with E-state index in [4.69, 9.17) is 0 Å². The van der Waals surface area contributed by atoms with Gasteiger partial charge in [0, 0.05) is 5.97 Å². The molecule has 0 aliphatic carbocycles. The number of aryl methyl sites for hydroxylation is 2. The number of benzene rings is 1. The van der Waals surface area contributed by atoms with Crippen molar-refractivity contribution < 1.29 is 39.5 Å². The summed E-state index contributed by atoms with van der Waals surface area (Å²) in [6, 6.07) is 8.16. The van der Waals surface area contributed by atoms with Gasteiger partial charge in [0.25, 0.3) is 0 Å². The molecule has 0 unspecified atom stereocenters. The Bertz CT molecular complexity index is 323. The van der Waals surface area contributed by atoms with Gasteiger partial charge in [-0.1, -0.05) is 37.6 Å². The van der Waals surface area contributed by atoms with Gasteiger partial charge in [-0.05, 0) is 36.8 Å². The Morgan fingerprint density at radius 1 is 1.25 bits per heavy atom. The number of aliphatic carboxylic acids is 1. The molecule has 0 saturated carbocycles. The molecule has 0 aliphatic heterocycles.